The molecule has 0 saturated heterocycles. The third-order valence-corrected chi connectivity index (χ3v) is 14.0. The van der Waals surface area contributed by atoms with Gasteiger partial charge in [0.1, 0.15) is 0 Å². The Labute approximate surface area is 307 Å². The van der Waals surface area contributed by atoms with Gasteiger partial charge in [-0.25, -0.2) is 0 Å². The maximum absolute atomic E-state index is 4.62. The van der Waals surface area contributed by atoms with Gasteiger partial charge in [-0.1, -0.05) is 230 Å². The Morgan fingerprint density at radius 1 is 0.327 bits per heavy atom. The van der Waals surface area contributed by atoms with Crippen LogP contribution < -0.4 is 5.32 Å². The molecule has 0 unspecified atom stereocenters. The van der Waals surface area contributed by atoms with E-state index in [-0.39, 0.29) is 5.54 Å². The van der Waals surface area contributed by atoms with E-state index in [1.807, 2.05) is 0 Å². The molecule has 4 rings (SSSR count). The van der Waals surface area contributed by atoms with Gasteiger partial charge >= 0.3 is 0 Å². The highest BCUT2D eigenvalue weighted by molar-refractivity contribution is 5.46. The molecule has 1 nitrogen and oxygen atoms in total. The molecule has 0 aromatic heterocycles. The van der Waals surface area contributed by atoms with E-state index in [0.717, 1.165) is 5.92 Å². The molecular formula is C48H85N. The van der Waals surface area contributed by atoms with Gasteiger partial charge in [0.25, 0.3) is 0 Å². The van der Waals surface area contributed by atoms with Crippen LogP contribution in [0, 0.1) is 11.3 Å². The fraction of sp³-hybridized carbons (Fsp3) is 0.875. The van der Waals surface area contributed by atoms with Gasteiger partial charge in [-0.3, -0.25) is 0 Å². The molecule has 3 saturated carbocycles. The maximum atomic E-state index is 4.62. The number of benzene rings is 1. The van der Waals surface area contributed by atoms with Crippen LogP contribution in [0.2, 0.25) is 0 Å². The van der Waals surface area contributed by atoms with Crippen LogP contribution in [0.1, 0.15) is 250 Å². The van der Waals surface area contributed by atoms with Gasteiger partial charge in [-0.2, -0.15) is 0 Å². The summed E-state index contributed by atoms with van der Waals surface area (Å²) in [5.74, 6) is 0.874. The summed E-state index contributed by atoms with van der Waals surface area (Å²) in [6.45, 7) is 0. The summed E-state index contributed by atoms with van der Waals surface area (Å²) in [4.78, 5) is 0. The molecule has 0 radical (unpaired) electrons. The number of hydrogen-bond donors (Lipinski definition) is 1. The van der Waals surface area contributed by atoms with Crippen molar-refractivity contribution < 1.29 is 0 Å². The van der Waals surface area contributed by atoms with Gasteiger partial charge in [-0.15, -0.1) is 0 Å². The summed E-state index contributed by atoms with van der Waals surface area (Å²) in [5, 5.41) is 4.62. The minimum atomic E-state index is 0.214. The first-order valence-corrected chi connectivity index (χ1v) is 23.2. The first-order valence-electron chi connectivity index (χ1n) is 23.2. The van der Waals surface area contributed by atoms with Gasteiger partial charge in [0.2, 0.25) is 0 Å². The van der Waals surface area contributed by atoms with Crippen molar-refractivity contribution in [2.45, 2.75) is 256 Å². The van der Waals surface area contributed by atoms with Gasteiger partial charge < -0.3 is 5.32 Å². The van der Waals surface area contributed by atoms with Gasteiger partial charge in [-0.05, 0) is 62.0 Å². The first-order chi connectivity index (χ1) is 24.3. The van der Waals surface area contributed by atoms with Crippen molar-refractivity contribution in [1.82, 2.24) is 0 Å². The van der Waals surface area contributed by atoms with E-state index in [4.69, 9.17) is 0 Å². The third kappa shape index (κ3) is 15.3. The zero-order chi connectivity index (χ0) is 34.0. The molecule has 1 aromatic rings. The highest BCUT2D eigenvalue weighted by Crippen LogP contribution is 2.56. The predicted octanol–water partition coefficient (Wildman–Crippen LogP) is 16.7. The Morgan fingerprint density at radius 3 is 0.959 bits per heavy atom. The van der Waals surface area contributed by atoms with E-state index in [0.29, 0.717) is 5.41 Å². The van der Waals surface area contributed by atoms with E-state index < -0.39 is 0 Å². The fourth-order valence-corrected chi connectivity index (χ4v) is 11.1. The second-order valence-electron chi connectivity index (χ2n) is 17.7. The lowest BCUT2D eigenvalue weighted by Gasteiger charge is -2.57. The van der Waals surface area contributed by atoms with Crippen molar-refractivity contribution in [3.05, 3.63) is 30.3 Å². The van der Waals surface area contributed by atoms with Crippen molar-refractivity contribution in [2.24, 2.45) is 11.3 Å². The van der Waals surface area contributed by atoms with Gasteiger partial charge in [0.15, 0.2) is 0 Å². The van der Waals surface area contributed by atoms with Crippen molar-refractivity contribution in [3.63, 3.8) is 0 Å². The normalized spacial score (nSPS) is 25.5. The minimum Gasteiger partial charge on any atom is -0.379 e. The fourth-order valence-electron chi connectivity index (χ4n) is 11.1. The summed E-state index contributed by atoms with van der Waals surface area (Å²) < 4.78 is 0. The van der Waals surface area contributed by atoms with Crippen LogP contribution in [0.15, 0.2) is 30.3 Å². The molecule has 0 aliphatic heterocycles. The molecule has 0 bridgehead atoms. The Kier molecular flexibility index (Phi) is 21.5. The second kappa shape index (κ2) is 25.9. The van der Waals surface area contributed by atoms with Gasteiger partial charge in [0.05, 0.1) is 0 Å². The lowest BCUT2D eigenvalue weighted by Crippen LogP contribution is -2.58. The summed E-state index contributed by atoms with van der Waals surface area (Å²) in [6.07, 6.45) is 57.3. The van der Waals surface area contributed by atoms with E-state index in [1.54, 1.807) is 0 Å². The molecular weight excluding hydrogens is 591 g/mol. The first kappa shape index (κ1) is 40.8. The highest BCUT2D eigenvalue weighted by Gasteiger charge is 2.53. The number of nitrogens with one attached hydrogen (secondary N) is 1. The lowest BCUT2D eigenvalue weighted by atomic mass is 9.52. The van der Waals surface area contributed by atoms with Crippen LogP contribution in [-0.4, -0.2) is 5.54 Å². The topological polar surface area (TPSA) is 12.0 Å². The molecule has 49 heavy (non-hydrogen) atoms. The summed E-state index contributed by atoms with van der Waals surface area (Å²) >= 11 is 0. The van der Waals surface area contributed by atoms with Crippen LogP contribution in [-0.2, 0) is 0 Å². The van der Waals surface area contributed by atoms with E-state index in [1.165, 1.54) is 256 Å². The molecule has 282 valence electrons. The molecule has 0 amide bonds. The van der Waals surface area contributed by atoms with E-state index in [2.05, 4.69) is 35.6 Å². The smallest absolute Gasteiger partial charge is 0.0432 e. The molecule has 1 heteroatoms. The maximum Gasteiger partial charge on any atom is 0.0432 e. The van der Waals surface area contributed by atoms with E-state index >= 15 is 0 Å². The van der Waals surface area contributed by atoms with Crippen molar-refractivity contribution in [3.8, 4) is 0 Å². The predicted molar refractivity (Wildman–Crippen MR) is 219 cm³/mol. The molecule has 3 aliphatic carbocycles. The van der Waals surface area contributed by atoms with Crippen LogP contribution >= 0.6 is 0 Å². The summed E-state index contributed by atoms with van der Waals surface area (Å²) in [6, 6.07) is 11.7. The standard InChI is InChI=1S/C48H85N/c1-4-10-16-22-29-37-45(38-30-23-17-11-5-1)47(41-33-24-18-12-6-2-7-13-19-25-34-42-47)48(49-46-39-31-28-32-40-46)43-35-26-20-14-8-3-9-15-21-27-36-44-48/h28,31-32,39-40,45,49H,1-27,29-30,33-38,41-44H2. The Morgan fingerprint density at radius 2 is 0.612 bits per heavy atom. The van der Waals surface area contributed by atoms with Crippen molar-refractivity contribution in [2.75, 3.05) is 5.32 Å². The molecule has 1 aromatic carbocycles. The Hall–Kier alpha value is -0.980. The van der Waals surface area contributed by atoms with Crippen LogP contribution in [0.4, 0.5) is 5.69 Å². The summed E-state index contributed by atoms with van der Waals surface area (Å²) in [5.41, 5.74) is 2.04. The molecule has 1 N–H and O–H groups in total. The zero-order valence-electron chi connectivity index (χ0n) is 33.0. The van der Waals surface area contributed by atoms with Gasteiger partial charge in [0, 0.05) is 11.2 Å². The largest absolute Gasteiger partial charge is 0.379 e. The van der Waals surface area contributed by atoms with Crippen LogP contribution in [0.3, 0.4) is 0 Å². The summed E-state index contributed by atoms with van der Waals surface area (Å²) in [7, 11) is 0. The van der Waals surface area contributed by atoms with Crippen LogP contribution in [0.5, 0.6) is 0 Å². The monoisotopic (exact) mass is 676 g/mol. The molecule has 3 fully saturated rings. The molecule has 3 aliphatic rings. The molecule has 0 spiro atoms. The van der Waals surface area contributed by atoms with E-state index in [9.17, 15) is 0 Å². The number of anilines is 1. The minimum absolute atomic E-state index is 0.214. The Balaban J connectivity index is 1.76. The Bertz CT molecular complexity index is 848. The average Bonchev–Trinajstić information content (AvgIpc) is 3.12. The molecule has 0 heterocycles. The van der Waals surface area contributed by atoms with Crippen molar-refractivity contribution in [1.29, 1.82) is 0 Å². The SMILES string of the molecule is c1ccc(NC2(C3(C4CCCCCCCCCCCCC4)CCCCCCCCCCCCC3)CCCCCCCCCCCCC2)cc1. The average molecular weight is 676 g/mol. The number of rotatable bonds is 4. The van der Waals surface area contributed by atoms with Crippen LogP contribution in [0.25, 0.3) is 0 Å². The number of para-hydroxylation sites is 1. The molecule has 0 atom stereocenters. The highest BCUT2D eigenvalue weighted by atomic mass is 15.0. The number of hydrogen-bond acceptors (Lipinski definition) is 1. The second-order valence-corrected chi connectivity index (χ2v) is 17.7. The van der Waals surface area contributed by atoms with Crippen molar-refractivity contribution >= 4 is 5.69 Å². The lowest BCUT2D eigenvalue weighted by molar-refractivity contribution is 0.00318. The zero-order valence-corrected chi connectivity index (χ0v) is 33.0. The third-order valence-electron chi connectivity index (χ3n) is 14.0. The quantitative estimate of drug-likeness (QED) is 0.335.